The molecular formula is C41H41BrN4O8S2. The molecule has 292 valence electrons. The topological polar surface area (TPSA) is 134 Å². The van der Waals surface area contributed by atoms with Gasteiger partial charge >= 0.3 is 5.97 Å². The maximum absolute atomic E-state index is 13.1. The van der Waals surface area contributed by atoms with E-state index in [1.165, 1.54) is 27.6 Å². The summed E-state index contributed by atoms with van der Waals surface area (Å²) in [7, 11) is 6.19. The Morgan fingerprint density at radius 2 is 1.62 bits per heavy atom. The number of ether oxygens (including phenoxy) is 4. The molecule has 0 saturated carbocycles. The van der Waals surface area contributed by atoms with Gasteiger partial charge in [-0.15, -0.1) is 22.7 Å². The number of carbonyl (C=O) groups is 3. The van der Waals surface area contributed by atoms with Crippen LogP contribution >= 0.6 is 22.7 Å². The first-order valence-electron chi connectivity index (χ1n) is 18.6. The van der Waals surface area contributed by atoms with Crippen LogP contribution in [0.4, 0.5) is 0 Å². The zero-order valence-corrected chi connectivity index (χ0v) is 34.1. The number of nitrogens with zero attached hydrogens (tertiary/aromatic N) is 3. The van der Waals surface area contributed by atoms with Crippen LogP contribution in [0.25, 0.3) is 10.9 Å². The Morgan fingerprint density at radius 3 is 2.30 bits per heavy atom. The SMILES string of the molecule is CN1CC(=O)N2[C@H](c3ccc4c(c3)OCO4)c3[nH]c4ccccc4c3C[C@@H]2C1=O.C[N+]1(C)[C@@H]2CC(OC(=O)C(O)(c3cccs3)c3cccs3)C[C@H]1[C@@H]1O[C@@H]12.[Br-]. The average Bonchev–Trinajstić information content (AvgIpc) is 3.76. The monoisotopic (exact) mass is 860 g/mol. The van der Waals surface area contributed by atoms with Crippen molar-refractivity contribution in [3.8, 4) is 11.5 Å². The van der Waals surface area contributed by atoms with Gasteiger partial charge in [0, 0.05) is 42.9 Å². The smallest absolute Gasteiger partial charge is 0.349 e. The molecule has 6 aliphatic heterocycles. The van der Waals surface area contributed by atoms with Gasteiger partial charge in [-0.05, 0) is 52.2 Å². The van der Waals surface area contributed by atoms with Crippen LogP contribution in [-0.4, -0.2) is 113 Å². The summed E-state index contributed by atoms with van der Waals surface area (Å²) in [5.41, 5.74) is 2.25. The number of hydrogen-bond donors (Lipinski definition) is 2. The normalized spacial score (nSPS) is 27.8. The van der Waals surface area contributed by atoms with Crippen LogP contribution in [0.5, 0.6) is 11.5 Å². The molecule has 7 atom stereocenters. The molecule has 6 aliphatic rings. The number of amides is 2. The van der Waals surface area contributed by atoms with Crippen molar-refractivity contribution in [1.82, 2.24) is 14.8 Å². The highest BCUT2D eigenvalue weighted by Crippen LogP contribution is 2.52. The number of H-pyrrole nitrogens is 1. The summed E-state index contributed by atoms with van der Waals surface area (Å²) in [4.78, 5) is 47.2. The zero-order chi connectivity index (χ0) is 37.8. The zero-order valence-electron chi connectivity index (χ0n) is 30.9. The molecular weight excluding hydrogens is 821 g/mol. The number of benzene rings is 2. The Bertz CT molecular complexity index is 2280. The van der Waals surface area contributed by atoms with Gasteiger partial charge in [0.05, 0.1) is 36.4 Å². The number of esters is 1. The van der Waals surface area contributed by atoms with E-state index in [0.717, 1.165) is 45.0 Å². The lowest BCUT2D eigenvalue weighted by Crippen LogP contribution is -3.00. The Hall–Kier alpha value is -4.25. The van der Waals surface area contributed by atoms with Crippen molar-refractivity contribution >= 4 is 51.4 Å². The van der Waals surface area contributed by atoms with Crippen molar-refractivity contribution in [1.29, 1.82) is 0 Å². The number of halogens is 1. The third-order valence-electron chi connectivity index (χ3n) is 12.5. The van der Waals surface area contributed by atoms with Gasteiger partial charge in [-0.3, -0.25) is 9.59 Å². The van der Waals surface area contributed by atoms with Gasteiger partial charge in [0.25, 0.3) is 0 Å². The van der Waals surface area contributed by atoms with E-state index in [2.05, 4.69) is 25.1 Å². The number of aliphatic hydroxyl groups is 1. The highest BCUT2D eigenvalue weighted by atomic mass is 79.9. The summed E-state index contributed by atoms with van der Waals surface area (Å²) < 4.78 is 23.7. The van der Waals surface area contributed by atoms with Crippen LogP contribution in [-0.2, 0) is 35.9 Å². The quantitative estimate of drug-likeness (QED) is 0.155. The van der Waals surface area contributed by atoms with Crippen LogP contribution in [0, 0.1) is 0 Å². The molecule has 1 unspecified atom stereocenters. The van der Waals surface area contributed by atoms with Crippen LogP contribution < -0.4 is 26.5 Å². The largest absolute Gasteiger partial charge is 1.00 e. The first-order chi connectivity index (χ1) is 26.5. The van der Waals surface area contributed by atoms with Crippen LogP contribution in [0.1, 0.15) is 45.5 Å². The number of piperazine rings is 1. The summed E-state index contributed by atoms with van der Waals surface area (Å²) >= 11 is 2.74. The molecule has 2 bridgehead atoms. The number of carbonyl (C=O) groups excluding carboxylic acids is 3. The number of morpholine rings is 1. The van der Waals surface area contributed by atoms with Gasteiger partial charge in [0.2, 0.25) is 24.2 Å². The third kappa shape index (κ3) is 5.72. The van der Waals surface area contributed by atoms with E-state index >= 15 is 0 Å². The van der Waals surface area contributed by atoms with Gasteiger partial charge in [0.1, 0.15) is 36.4 Å². The number of quaternary nitrogens is 1. The standard InChI is InChI=1S/C22H19N3O4.C19H22NO4S2.BrH/c1-24-10-19(26)25-16(22(24)27)9-14-13-4-2-3-5-15(13)23-20(14)21(25)12-6-7-17-18(8-12)29-11-28-17;1-20(2)12-9-11(10-13(20)17-16(12)24-17)23-18(21)19(22,14-5-3-7-25-14)15-6-4-8-26-15;/h2-8,16,21,23H,9-11H2,1H3;3-8,11-13,16-17,22H,9-10H2,1-2H3;1H/q;+1;/p-1/t16-,21-;11?,12-,13+,16-,17+;/m1../s1. The minimum Gasteiger partial charge on any atom is -1.00 e. The predicted octanol–water partition coefficient (Wildman–Crippen LogP) is 1.56. The molecule has 2 amide bonds. The summed E-state index contributed by atoms with van der Waals surface area (Å²) in [6.45, 7) is 0.279. The summed E-state index contributed by atoms with van der Waals surface area (Å²) in [5, 5.41) is 16.2. The van der Waals surface area contributed by atoms with E-state index in [4.69, 9.17) is 18.9 Å². The number of fused-ring (bicyclic) bond motifs is 10. The molecule has 15 heteroatoms. The fourth-order valence-electron chi connectivity index (χ4n) is 9.67. The van der Waals surface area contributed by atoms with E-state index in [1.54, 1.807) is 24.1 Å². The van der Waals surface area contributed by atoms with Crippen LogP contribution in [0.3, 0.4) is 0 Å². The number of aromatic nitrogens is 1. The molecule has 0 aliphatic carbocycles. The molecule has 4 saturated heterocycles. The van der Waals surface area contributed by atoms with E-state index in [0.29, 0.717) is 52.0 Å². The van der Waals surface area contributed by atoms with E-state index < -0.39 is 17.6 Å². The average molecular weight is 862 g/mol. The van der Waals surface area contributed by atoms with Gasteiger partial charge in [0.15, 0.2) is 11.5 Å². The lowest BCUT2D eigenvalue weighted by Gasteiger charge is -2.46. The van der Waals surface area contributed by atoms with Gasteiger partial charge in [-0.1, -0.05) is 36.4 Å². The maximum Gasteiger partial charge on any atom is 0.349 e. The van der Waals surface area contributed by atoms with Gasteiger partial charge < -0.3 is 60.3 Å². The number of rotatable bonds is 5. The Morgan fingerprint density at radius 1 is 0.946 bits per heavy atom. The number of para-hydroxylation sites is 1. The Kier molecular flexibility index (Phi) is 9.13. The molecule has 11 rings (SSSR count). The fraction of sp³-hybridized carbons (Fsp3) is 0.390. The summed E-state index contributed by atoms with van der Waals surface area (Å²) in [5.74, 6) is 0.720. The van der Waals surface area contributed by atoms with Crippen molar-refractivity contribution in [2.45, 2.75) is 67.3 Å². The number of hydrogen-bond acceptors (Lipinski definition) is 10. The highest BCUT2D eigenvalue weighted by molar-refractivity contribution is 7.12. The molecule has 0 spiro atoms. The van der Waals surface area contributed by atoms with Crippen LogP contribution in [0.15, 0.2) is 77.5 Å². The molecule has 56 heavy (non-hydrogen) atoms. The van der Waals surface area contributed by atoms with Crippen molar-refractivity contribution in [2.75, 3.05) is 34.5 Å². The lowest BCUT2D eigenvalue weighted by molar-refractivity contribution is -0.938. The molecule has 2 aromatic carbocycles. The Balaban J connectivity index is 0.000000145. The fourth-order valence-corrected chi connectivity index (χ4v) is 11.4. The minimum atomic E-state index is -1.72. The summed E-state index contributed by atoms with van der Waals surface area (Å²) in [6.07, 6.45) is 2.56. The second-order valence-electron chi connectivity index (χ2n) is 15.8. The van der Waals surface area contributed by atoms with E-state index in [1.807, 2.05) is 59.3 Å². The molecule has 4 fully saturated rings. The van der Waals surface area contributed by atoms with E-state index in [-0.39, 0.29) is 54.3 Å². The van der Waals surface area contributed by atoms with E-state index in [9.17, 15) is 19.5 Å². The number of thiophene rings is 2. The van der Waals surface area contributed by atoms with Crippen molar-refractivity contribution in [2.24, 2.45) is 0 Å². The molecule has 5 aromatic rings. The van der Waals surface area contributed by atoms with Crippen LogP contribution in [0.2, 0.25) is 0 Å². The lowest BCUT2D eigenvalue weighted by atomic mass is 9.86. The molecule has 9 heterocycles. The third-order valence-corrected chi connectivity index (χ3v) is 14.5. The minimum absolute atomic E-state index is 0. The second-order valence-corrected chi connectivity index (χ2v) is 17.7. The number of epoxide rings is 1. The number of likely N-dealkylation sites (N-methyl/N-ethyl adjacent to an activating group) is 2. The molecule has 12 nitrogen and oxygen atoms in total. The molecule has 2 N–H and O–H groups in total. The first-order valence-corrected chi connectivity index (χ1v) is 20.4. The maximum atomic E-state index is 13.1. The van der Waals surface area contributed by atoms with Crippen molar-refractivity contribution in [3.63, 3.8) is 0 Å². The second kappa shape index (κ2) is 13.7. The number of nitrogens with one attached hydrogen (secondary N) is 1. The Labute approximate surface area is 341 Å². The first kappa shape index (κ1) is 37.3. The predicted molar refractivity (Wildman–Crippen MR) is 204 cm³/mol. The molecule has 3 aromatic heterocycles. The van der Waals surface area contributed by atoms with Gasteiger partial charge in [-0.2, -0.15) is 0 Å². The van der Waals surface area contributed by atoms with Crippen molar-refractivity contribution < 1.29 is 59.9 Å². The summed E-state index contributed by atoms with van der Waals surface area (Å²) in [6, 6.07) is 20.9. The van der Waals surface area contributed by atoms with Gasteiger partial charge in [-0.25, -0.2) is 4.79 Å². The molecule has 0 radical (unpaired) electrons. The van der Waals surface area contributed by atoms with Crippen molar-refractivity contribution in [3.05, 3.63) is 104 Å². The number of piperidine rings is 1. The number of aromatic amines is 1. The highest BCUT2D eigenvalue weighted by Gasteiger charge is 2.71.